The van der Waals surface area contributed by atoms with Gasteiger partial charge in [0.2, 0.25) is 0 Å². The summed E-state index contributed by atoms with van der Waals surface area (Å²) in [5.74, 6) is 1.32. The molecule has 0 spiro atoms. The Kier molecular flexibility index (Phi) is 6.02. The molecule has 0 amide bonds. The van der Waals surface area contributed by atoms with Gasteiger partial charge in [-0.3, -0.25) is 0 Å². The van der Waals surface area contributed by atoms with E-state index in [0.717, 1.165) is 5.76 Å². The lowest BCUT2D eigenvalue weighted by Gasteiger charge is -2.13. The molecule has 2 aromatic rings. The van der Waals surface area contributed by atoms with Crippen LogP contribution < -0.4 is 0 Å². The van der Waals surface area contributed by atoms with Crippen LogP contribution in [0.5, 0.6) is 0 Å². The Morgan fingerprint density at radius 3 is 2.18 bits per heavy atom. The molecule has 22 heavy (non-hydrogen) atoms. The third kappa shape index (κ3) is 4.63. The lowest BCUT2D eigenvalue weighted by atomic mass is 9.98. The van der Waals surface area contributed by atoms with Crippen molar-refractivity contribution in [1.82, 2.24) is 0 Å². The molecule has 0 radical (unpaired) electrons. The molecule has 0 aliphatic rings. The summed E-state index contributed by atoms with van der Waals surface area (Å²) >= 11 is 0. The predicted octanol–water partition coefficient (Wildman–Crippen LogP) is 5.86. The summed E-state index contributed by atoms with van der Waals surface area (Å²) in [6.07, 6.45) is 4.29. The average Bonchev–Trinajstić information content (AvgIpc) is 2.57. The van der Waals surface area contributed by atoms with Crippen molar-refractivity contribution >= 4 is 0 Å². The molecule has 0 heterocycles. The first-order chi connectivity index (χ1) is 10.7. The Morgan fingerprint density at radius 1 is 1.00 bits per heavy atom. The number of benzene rings is 2. The highest BCUT2D eigenvalue weighted by Gasteiger charge is 2.06. The van der Waals surface area contributed by atoms with Gasteiger partial charge in [-0.05, 0) is 42.5 Å². The molecule has 0 aliphatic heterocycles. The fourth-order valence-corrected chi connectivity index (χ4v) is 2.47. The van der Waals surface area contributed by atoms with E-state index in [1.54, 1.807) is 0 Å². The van der Waals surface area contributed by atoms with Crippen LogP contribution in [0.15, 0.2) is 84.1 Å². The molecule has 0 saturated carbocycles. The monoisotopic (exact) mass is 292 g/mol. The van der Waals surface area contributed by atoms with Gasteiger partial charge in [-0.2, -0.15) is 0 Å². The molecular formula is C21H24O. The molecule has 0 aromatic heterocycles. The Bertz CT molecular complexity index is 623. The van der Waals surface area contributed by atoms with E-state index in [1.807, 2.05) is 37.3 Å². The van der Waals surface area contributed by atoms with Gasteiger partial charge in [0.05, 0.1) is 0 Å². The second kappa shape index (κ2) is 8.23. The van der Waals surface area contributed by atoms with E-state index in [2.05, 4.69) is 56.3 Å². The maximum Gasteiger partial charge on any atom is 0.118 e. The quantitative estimate of drug-likeness (QED) is 0.479. The summed E-state index contributed by atoms with van der Waals surface area (Å²) in [4.78, 5) is 0. The Morgan fingerprint density at radius 2 is 1.59 bits per heavy atom. The zero-order valence-corrected chi connectivity index (χ0v) is 13.6. The molecule has 1 heteroatoms. The minimum atomic E-state index is 0.372. The van der Waals surface area contributed by atoms with Crippen molar-refractivity contribution in [1.29, 1.82) is 0 Å². The molecule has 0 aliphatic carbocycles. The van der Waals surface area contributed by atoms with Gasteiger partial charge in [0.25, 0.3) is 0 Å². The third-order valence-electron chi connectivity index (χ3n) is 3.71. The first-order valence-electron chi connectivity index (χ1n) is 7.77. The SMILES string of the molecule is C/C=C(OCc1ccccc1)/C(C)=C/[C@H](C)c1ccccc1. The van der Waals surface area contributed by atoms with Crippen LogP contribution in [0.2, 0.25) is 0 Å². The van der Waals surface area contributed by atoms with E-state index < -0.39 is 0 Å². The van der Waals surface area contributed by atoms with Crippen molar-refractivity contribution in [2.45, 2.75) is 33.3 Å². The van der Waals surface area contributed by atoms with Gasteiger partial charge in [0.1, 0.15) is 12.4 Å². The van der Waals surface area contributed by atoms with E-state index in [0.29, 0.717) is 12.5 Å². The second-order valence-electron chi connectivity index (χ2n) is 5.48. The van der Waals surface area contributed by atoms with Gasteiger partial charge in [-0.15, -0.1) is 0 Å². The number of ether oxygens (including phenoxy) is 1. The van der Waals surface area contributed by atoms with Crippen LogP contribution in [0, 0.1) is 0 Å². The minimum absolute atomic E-state index is 0.372. The molecule has 0 saturated heterocycles. The standard InChI is InChI=1S/C21H24O/c1-4-21(22-16-19-11-7-5-8-12-19)18(3)15-17(2)20-13-9-6-10-14-20/h4-15,17H,16H2,1-3H3/b18-15+,21-4-/t17-/m0/s1. The smallest absolute Gasteiger partial charge is 0.118 e. The fraction of sp³-hybridized carbons (Fsp3) is 0.238. The molecule has 1 atom stereocenters. The normalized spacial score (nSPS) is 13.8. The number of hydrogen-bond acceptors (Lipinski definition) is 1. The van der Waals surface area contributed by atoms with Crippen LogP contribution >= 0.6 is 0 Å². The molecule has 0 fully saturated rings. The first-order valence-corrected chi connectivity index (χ1v) is 7.77. The largest absolute Gasteiger partial charge is 0.489 e. The number of allylic oxidation sites excluding steroid dienone is 3. The topological polar surface area (TPSA) is 9.23 Å². The molecule has 0 N–H and O–H groups in total. The minimum Gasteiger partial charge on any atom is -0.489 e. The molecule has 114 valence electrons. The van der Waals surface area contributed by atoms with E-state index >= 15 is 0 Å². The van der Waals surface area contributed by atoms with E-state index in [4.69, 9.17) is 4.74 Å². The van der Waals surface area contributed by atoms with Crippen molar-refractivity contribution in [3.05, 3.63) is 95.3 Å². The summed E-state index contributed by atoms with van der Waals surface area (Å²) in [6, 6.07) is 20.8. The van der Waals surface area contributed by atoms with Crippen LogP contribution in [0.3, 0.4) is 0 Å². The summed E-state index contributed by atoms with van der Waals surface area (Å²) < 4.78 is 5.97. The lowest BCUT2D eigenvalue weighted by Crippen LogP contribution is -1.97. The van der Waals surface area contributed by atoms with Crippen LogP contribution in [0.1, 0.15) is 37.8 Å². The highest BCUT2D eigenvalue weighted by Crippen LogP contribution is 2.22. The van der Waals surface area contributed by atoms with Crippen LogP contribution in [0.25, 0.3) is 0 Å². The van der Waals surface area contributed by atoms with Crippen LogP contribution in [0.4, 0.5) is 0 Å². The van der Waals surface area contributed by atoms with Gasteiger partial charge < -0.3 is 4.74 Å². The molecule has 2 aromatic carbocycles. The summed E-state index contributed by atoms with van der Waals surface area (Å²) in [6.45, 7) is 6.94. The highest BCUT2D eigenvalue weighted by atomic mass is 16.5. The molecule has 2 rings (SSSR count). The maximum atomic E-state index is 5.97. The summed E-state index contributed by atoms with van der Waals surface area (Å²) in [5.41, 5.74) is 3.68. The second-order valence-corrected chi connectivity index (χ2v) is 5.48. The molecule has 0 bridgehead atoms. The zero-order valence-electron chi connectivity index (χ0n) is 13.6. The molecular weight excluding hydrogens is 268 g/mol. The van der Waals surface area contributed by atoms with Gasteiger partial charge >= 0.3 is 0 Å². The summed E-state index contributed by atoms with van der Waals surface area (Å²) in [7, 11) is 0. The first kappa shape index (κ1) is 16.1. The van der Waals surface area contributed by atoms with Gasteiger partial charge in [-0.1, -0.05) is 73.7 Å². The van der Waals surface area contributed by atoms with Crippen LogP contribution in [-0.4, -0.2) is 0 Å². The summed E-state index contributed by atoms with van der Waals surface area (Å²) in [5, 5.41) is 0. The fourth-order valence-electron chi connectivity index (χ4n) is 2.47. The highest BCUT2D eigenvalue weighted by molar-refractivity contribution is 5.30. The van der Waals surface area contributed by atoms with E-state index in [1.165, 1.54) is 16.7 Å². The molecule has 0 unspecified atom stereocenters. The van der Waals surface area contributed by atoms with Crippen molar-refractivity contribution in [2.24, 2.45) is 0 Å². The zero-order chi connectivity index (χ0) is 15.8. The Labute approximate surface area is 134 Å². The maximum absolute atomic E-state index is 5.97. The van der Waals surface area contributed by atoms with Crippen molar-refractivity contribution < 1.29 is 4.74 Å². The van der Waals surface area contributed by atoms with Crippen molar-refractivity contribution in [2.75, 3.05) is 0 Å². The Hall–Kier alpha value is -2.28. The van der Waals surface area contributed by atoms with Gasteiger partial charge in [0.15, 0.2) is 0 Å². The van der Waals surface area contributed by atoms with Gasteiger partial charge in [-0.25, -0.2) is 0 Å². The van der Waals surface area contributed by atoms with E-state index in [-0.39, 0.29) is 0 Å². The van der Waals surface area contributed by atoms with E-state index in [9.17, 15) is 0 Å². The Balaban J connectivity index is 2.02. The van der Waals surface area contributed by atoms with Crippen LogP contribution in [-0.2, 0) is 11.3 Å². The average molecular weight is 292 g/mol. The number of hydrogen-bond donors (Lipinski definition) is 0. The van der Waals surface area contributed by atoms with Crippen molar-refractivity contribution in [3.8, 4) is 0 Å². The predicted molar refractivity (Wildman–Crippen MR) is 93.6 cm³/mol. The lowest BCUT2D eigenvalue weighted by molar-refractivity contribution is 0.206. The third-order valence-corrected chi connectivity index (χ3v) is 3.71. The van der Waals surface area contributed by atoms with Crippen molar-refractivity contribution in [3.63, 3.8) is 0 Å². The molecule has 1 nitrogen and oxygen atoms in total. The number of rotatable bonds is 6. The van der Waals surface area contributed by atoms with Gasteiger partial charge in [0, 0.05) is 0 Å².